The number of hydrogen-bond donors (Lipinski definition) is 1. The van der Waals surface area contributed by atoms with E-state index in [-0.39, 0.29) is 11.9 Å². The summed E-state index contributed by atoms with van der Waals surface area (Å²) < 4.78 is 13.7. The van der Waals surface area contributed by atoms with Crippen LogP contribution < -0.4 is 5.73 Å². The Bertz CT molecular complexity index is 368. The number of hydrogen-bond acceptors (Lipinski definition) is 2. The third-order valence-electron chi connectivity index (χ3n) is 2.74. The monoisotopic (exact) mass is 302 g/mol. The van der Waals surface area contributed by atoms with Crippen LogP contribution in [-0.2, 0) is 0 Å². The zero-order valence-corrected chi connectivity index (χ0v) is 12.2. The van der Waals surface area contributed by atoms with Crippen molar-refractivity contribution >= 4 is 15.9 Å². The van der Waals surface area contributed by atoms with Crippen LogP contribution in [-0.4, -0.2) is 25.0 Å². The third-order valence-corrected chi connectivity index (χ3v) is 3.34. The minimum absolute atomic E-state index is 0.134. The van der Waals surface area contributed by atoms with Gasteiger partial charge in [-0.05, 0) is 46.6 Å². The average Bonchev–Trinajstić information content (AvgIpc) is 2.23. The van der Waals surface area contributed by atoms with Crippen LogP contribution >= 0.6 is 15.9 Å². The quantitative estimate of drug-likeness (QED) is 0.905. The summed E-state index contributed by atoms with van der Waals surface area (Å²) in [6.07, 6.45) is 0. The Morgan fingerprint density at radius 2 is 2.06 bits per heavy atom. The van der Waals surface area contributed by atoms with E-state index in [1.807, 2.05) is 6.07 Å². The molecule has 2 nitrogen and oxygen atoms in total. The molecule has 96 valence electrons. The lowest BCUT2D eigenvalue weighted by Crippen LogP contribution is -2.33. The largest absolute Gasteiger partial charge is 0.329 e. The SMILES string of the molecule is CC(C)CN(C)C(CN)c1ccc(F)c(Br)c1. The van der Waals surface area contributed by atoms with Gasteiger partial charge in [0.25, 0.3) is 0 Å². The van der Waals surface area contributed by atoms with Gasteiger partial charge in [0.05, 0.1) is 4.47 Å². The minimum atomic E-state index is -0.240. The highest BCUT2D eigenvalue weighted by atomic mass is 79.9. The molecule has 0 fully saturated rings. The van der Waals surface area contributed by atoms with Gasteiger partial charge < -0.3 is 5.73 Å². The van der Waals surface area contributed by atoms with E-state index in [1.165, 1.54) is 6.07 Å². The fourth-order valence-electron chi connectivity index (χ4n) is 1.99. The number of likely N-dealkylation sites (N-methyl/N-ethyl adjacent to an activating group) is 1. The highest BCUT2D eigenvalue weighted by Crippen LogP contribution is 2.24. The van der Waals surface area contributed by atoms with Crippen LogP contribution in [0.4, 0.5) is 4.39 Å². The first-order valence-electron chi connectivity index (χ1n) is 5.81. The number of nitrogens with zero attached hydrogens (tertiary/aromatic N) is 1. The lowest BCUT2D eigenvalue weighted by Gasteiger charge is -2.29. The van der Waals surface area contributed by atoms with E-state index in [1.54, 1.807) is 6.07 Å². The van der Waals surface area contributed by atoms with Gasteiger partial charge in [0.15, 0.2) is 0 Å². The average molecular weight is 303 g/mol. The van der Waals surface area contributed by atoms with Gasteiger partial charge in [-0.1, -0.05) is 19.9 Å². The van der Waals surface area contributed by atoms with Crippen molar-refractivity contribution in [3.05, 3.63) is 34.1 Å². The Hall–Kier alpha value is -0.450. The van der Waals surface area contributed by atoms with Gasteiger partial charge in [-0.15, -0.1) is 0 Å². The molecule has 1 unspecified atom stereocenters. The van der Waals surface area contributed by atoms with E-state index in [0.717, 1.165) is 12.1 Å². The zero-order valence-electron chi connectivity index (χ0n) is 10.6. The second kappa shape index (κ2) is 6.47. The Labute approximate surface area is 111 Å². The number of benzene rings is 1. The van der Waals surface area contributed by atoms with Crippen molar-refractivity contribution in [2.24, 2.45) is 11.7 Å². The van der Waals surface area contributed by atoms with Crippen molar-refractivity contribution in [3.8, 4) is 0 Å². The van der Waals surface area contributed by atoms with E-state index in [4.69, 9.17) is 5.73 Å². The van der Waals surface area contributed by atoms with Gasteiger partial charge in [-0.3, -0.25) is 4.90 Å². The van der Waals surface area contributed by atoms with Gasteiger partial charge >= 0.3 is 0 Å². The van der Waals surface area contributed by atoms with Crippen LogP contribution in [0.3, 0.4) is 0 Å². The predicted molar refractivity (Wildman–Crippen MR) is 73.4 cm³/mol. The molecule has 0 radical (unpaired) electrons. The Balaban J connectivity index is 2.89. The van der Waals surface area contributed by atoms with Crippen LogP contribution in [0.2, 0.25) is 0 Å². The number of rotatable bonds is 5. The molecule has 0 heterocycles. The van der Waals surface area contributed by atoms with E-state index < -0.39 is 0 Å². The Kier molecular flexibility index (Phi) is 5.56. The lowest BCUT2D eigenvalue weighted by molar-refractivity contribution is 0.223. The highest BCUT2D eigenvalue weighted by molar-refractivity contribution is 9.10. The van der Waals surface area contributed by atoms with E-state index in [2.05, 4.69) is 41.7 Å². The molecule has 0 aliphatic rings. The summed E-state index contributed by atoms with van der Waals surface area (Å²) in [5.41, 5.74) is 6.86. The van der Waals surface area contributed by atoms with Gasteiger partial charge in [-0.25, -0.2) is 4.39 Å². The summed E-state index contributed by atoms with van der Waals surface area (Å²) in [6.45, 7) is 5.84. The normalized spacial score (nSPS) is 13.4. The lowest BCUT2D eigenvalue weighted by atomic mass is 10.0. The fraction of sp³-hybridized carbons (Fsp3) is 0.538. The molecule has 0 amide bonds. The molecule has 1 aromatic rings. The topological polar surface area (TPSA) is 29.3 Å². The van der Waals surface area contributed by atoms with Crippen molar-refractivity contribution in [1.29, 1.82) is 0 Å². The molecule has 17 heavy (non-hydrogen) atoms. The van der Waals surface area contributed by atoms with Crippen molar-refractivity contribution in [2.75, 3.05) is 20.1 Å². The highest BCUT2D eigenvalue weighted by Gasteiger charge is 2.17. The van der Waals surface area contributed by atoms with Gasteiger partial charge in [0, 0.05) is 19.1 Å². The van der Waals surface area contributed by atoms with Crippen molar-refractivity contribution in [2.45, 2.75) is 19.9 Å². The smallest absolute Gasteiger partial charge is 0.137 e. The molecule has 0 aliphatic carbocycles. The first-order chi connectivity index (χ1) is 7.95. The molecule has 1 aromatic carbocycles. The molecular formula is C13H20BrFN2. The maximum Gasteiger partial charge on any atom is 0.137 e. The minimum Gasteiger partial charge on any atom is -0.329 e. The van der Waals surface area contributed by atoms with Crippen LogP contribution in [0.1, 0.15) is 25.5 Å². The number of halogens is 2. The maximum absolute atomic E-state index is 13.2. The fourth-order valence-corrected chi connectivity index (χ4v) is 2.39. The molecule has 0 saturated carbocycles. The first kappa shape index (κ1) is 14.6. The van der Waals surface area contributed by atoms with Crippen LogP contribution in [0.25, 0.3) is 0 Å². The van der Waals surface area contributed by atoms with E-state index >= 15 is 0 Å². The van der Waals surface area contributed by atoms with E-state index in [0.29, 0.717) is 16.9 Å². The molecular weight excluding hydrogens is 283 g/mol. The molecule has 0 saturated heterocycles. The standard InChI is InChI=1S/C13H20BrFN2/c1-9(2)8-17(3)13(7-16)10-4-5-12(15)11(14)6-10/h4-6,9,13H,7-8,16H2,1-3H3. The molecule has 0 aromatic heterocycles. The summed E-state index contributed by atoms with van der Waals surface area (Å²) in [4.78, 5) is 2.21. The molecule has 1 atom stereocenters. The second-order valence-electron chi connectivity index (χ2n) is 4.76. The van der Waals surface area contributed by atoms with Crippen molar-refractivity contribution in [3.63, 3.8) is 0 Å². The Morgan fingerprint density at radius 3 is 2.53 bits per heavy atom. The molecule has 0 bridgehead atoms. The first-order valence-corrected chi connectivity index (χ1v) is 6.60. The van der Waals surface area contributed by atoms with Crippen molar-refractivity contribution < 1.29 is 4.39 Å². The molecule has 0 aliphatic heterocycles. The Morgan fingerprint density at radius 1 is 1.41 bits per heavy atom. The summed E-state index contributed by atoms with van der Waals surface area (Å²) in [7, 11) is 2.05. The summed E-state index contributed by atoms with van der Waals surface area (Å²) in [5, 5.41) is 0. The molecule has 0 spiro atoms. The van der Waals surface area contributed by atoms with Crippen LogP contribution in [0, 0.1) is 11.7 Å². The zero-order chi connectivity index (χ0) is 13.0. The van der Waals surface area contributed by atoms with E-state index in [9.17, 15) is 4.39 Å². The molecule has 2 N–H and O–H groups in total. The summed E-state index contributed by atoms with van der Waals surface area (Å²) in [6, 6.07) is 5.22. The van der Waals surface area contributed by atoms with Gasteiger partial charge in [0.1, 0.15) is 5.82 Å². The summed E-state index contributed by atoms with van der Waals surface area (Å²) in [5.74, 6) is 0.342. The summed E-state index contributed by atoms with van der Waals surface area (Å²) >= 11 is 3.21. The predicted octanol–water partition coefficient (Wildman–Crippen LogP) is 3.18. The van der Waals surface area contributed by atoms with Gasteiger partial charge in [0.2, 0.25) is 0 Å². The van der Waals surface area contributed by atoms with Crippen molar-refractivity contribution in [1.82, 2.24) is 4.90 Å². The van der Waals surface area contributed by atoms with Crippen LogP contribution in [0.15, 0.2) is 22.7 Å². The third kappa shape index (κ3) is 4.05. The number of nitrogens with two attached hydrogens (primary N) is 1. The maximum atomic E-state index is 13.2. The van der Waals surface area contributed by atoms with Crippen LogP contribution in [0.5, 0.6) is 0 Å². The molecule has 1 rings (SSSR count). The van der Waals surface area contributed by atoms with Gasteiger partial charge in [-0.2, -0.15) is 0 Å². The molecule has 4 heteroatoms. The second-order valence-corrected chi connectivity index (χ2v) is 5.61.